The minimum atomic E-state index is -0.482. The maximum Gasteiger partial charge on any atom is 0.337 e. The molecule has 3 amide bonds. The summed E-state index contributed by atoms with van der Waals surface area (Å²) in [5.41, 5.74) is 2.17. The van der Waals surface area contributed by atoms with Crippen molar-refractivity contribution in [3.8, 4) is 11.3 Å². The molecule has 3 aromatic rings. The molecule has 0 atom stereocenters. The molecule has 2 aromatic carbocycles. The van der Waals surface area contributed by atoms with Gasteiger partial charge in [-0.05, 0) is 42.0 Å². The van der Waals surface area contributed by atoms with Crippen LogP contribution >= 0.6 is 15.9 Å². The maximum absolute atomic E-state index is 12.7. The number of rotatable bonds is 5. The summed E-state index contributed by atoms with van der Waals surface area (Å²) in [5.74, 6) is 0.140. The summed E-state index contributed by atoms with van der Waals surface area (Å²) < 4.78 is 11.4. The second-order valence-electron chi connectivity index (χ2n) is 6.78. The standard InChI is InChI=1S/C23H17BrN2O5/c1-30-22(28)16-6-4-15(5-7-16)20-11-10-18(31-20)12-19-21(27)26(23(29)25-19)13-14-2-8-17(24)9-3-14/h2-12H,13H2,1H3,(H,25,29)/b19-12+. The van der Waals surface area contributed by atoms with Crippen LogP contribution in [0.5, 0.6) is 0 Å². The monoisotopic (exact) mass is 480 g/mol. The number of amides is 3. The third-order valence-corrected chi connectivity index (χ3v) is 5.25. The summed E-state index contributed by atoms with van der Waals surface area (Å²) in [7, 11) is 1.33. The topological polar surface area (TPSA) is 88.9 Å². The predicted molar refractivity (Wildman–Crippen MR) is 117 cm³/mol. The molecular formula is C23H17BrN2O5. The van der Waals surface area contributed by atoms with Gasteiger partial charge < -0.3 is 14.5 Å². The van der Waals surface area contributed by atoms with Crippen molar-refractivity contribution in [3.63, 3.8) is 0 Å². The average Bonchev–Trinajstić information content (AvgIpc) is 3.35. The molecule has 1 N–H and O–H groups in total. The summed E-state index contributed by atoms with van der Waals surface area (Å²) in [5, 5.41) is 2.59. The molecule has 31 heavy (non-hydrogen) atoms. The Morgan fingerprint density at radius 3 is 2.45 bits per heavy atom. The number of methoxy groups -OCH3 is 1. The largest absolute Gasteiger partial charge is 0.465 e. The summed E-state index contributed by atoms with van der Waals surface area (Å²) in [6.07, 6.45) is 1.49. The van der Waals surface area contributed by atoms with Crippen LogP contribution in [0.3, 0.4) is 0 Å². The van der Waals surface area contributed by atoms with Crippen molar-refractivity contribution in [2.45, 2.75) is 6.54 Å². The smallest absolute Gasteiger partial charge is 0.337 e. The van der Waals surface area contributed by atoms with E-state index in [4.69, 9.17) is 4.42 Å². The molecule has 2 heterocycles. The molecule has 0 saturated carbocycles. The third-order valence-electron chi connectivity index (χ3n) is 4.72. The number of furan rings is 1. The first-order valence-corrected chi connectivity index (χ1v) is 10.1. The van der Waals surface area contributed by atoms with Gasteiger partial charge in [0.05, 0.1) is 19.2 Å². The second kappa shape index (κ2) is 8.61. The van der Waals surface area contributed by atoms with E-state index in [0.29, 0.717) is 17.1 Å². The highest BCUT2D eigenvalue weighted by molar-refractivity contribution is 9.10. The lowest BCUT2D eigenvalue weighted by molar-refractivity contribution is -0.123. The second-order valence-corrected chi connectivity index (χ2v) is 7.69. The van der Waals surface area contributed by atoms with Crippen LogP contribution in [0.1, 0.15) is 21.7 Å². The number of carbonyl (C=O) groups is 3. The van der Waals surface area contributed by atoms with E-state index in [1.165, 1.54) is 13.2 Å². The van der Waals surface area contributed by atoms with Crippen LogP contribution in [0, 0.1) is 0 Å². The van der Waals surface area contributed by atoms with Gasteiger partial charge in [0.1, 0.15) is 17.2 Å². The SMILES string of the molecule is COC(=O)c1ccc(-c2ccc(/C=C3/NC(=O)N(Cc4ccc(Br)cc4)C3=O)o2)cc1. The van der Waals surface area contributed by atoms with Gasteiger partial charge in [-0.25, -0.2) is 9.59 Å². The normalized spacial score (nSPS) is 14.8. The Hall–Kier alpha value is -3.65. The number of hydrogen-bond donors (Lipinski definition) is 1. The fourth-order valence-electron chi connectivity index (χ4n) is 3.10. The number of esters is 1. The number of hydrogen-bond acceptors (Lipinski definition) is 5. The first-order valence-electron chi connectivity index (χ1n) is 9.32. The zero-order chi connectivity index (χ0) is 22.0. The number of carbonyl (C=O) groups excluding carboxylic acids is 3. The van der Waals surface area contributed by atoms with E-state index in [9.17, 15) is 14.4 Å². The van der Waals surface area contributed by atoms with Crippen LogP contribution in [-0.2, 0) is 16.1 Å². The molecule has 4 rings (SSSR count). The molecule has 1 aromatic heterocycles. The number of halogens is 1. The van der Waals surface area contributed by atoms with Gasteiger partial charge in [0.15, 0.2) is 0 Å². The molecule has 0 bridgehead atoms. The highest BCUT2D eigenvalue weighted by Crippen LogP contribution is 2.25. The van der Waals surface area contributed by atoms with Crippen LogP contribution in [0.4, 0.5) is 4.79 Å². The van der Waals surface area contributed by atoms with Gasteiger partial charge in [-0.1, -0.05) is 40.2 Å². The lowest BCUT2D eigenvalue weighted by Crippen LogP contribution is -2.30. The van der Waals surface area contributed by atoms with E-state index < -0.39 is 17.9 Å². The van der Waals surface area contributed by atoms with Crippen molar-refractivity contribution in [1.29, 1.82) is 0 Å². The van der Waals surface area contributed by atoms with Crippen molar-refractivity contribution in [2.75, 3.05) is 7.11 Å². The Kier molecular flexibility index (Phi) is 5.73. The molecule has 1 saturated heterocycles. The minimum Gasteiger partial charge on any atom is -0.465 e. The summed E-state index contributed by atoms with van der Waals surface area (Å²) in [4.78, 5) is 37.6. The Balaban J connectivity index is 1.50. The van der Waals surface area contributed by atoms with Crippen LogP contribution in [0.25, 0.3) is 17.4 Å². The molecule has 1 aliphatic heterocycles. The predicted octanol–water partition coefficient (Wildman–Crippen LogP) is 4.59. The van der Waals surface area contributed by atoms with Crippen molar-refractivity contribution in [2.24, 2.45) is 0 Å². The lowest BCUT2D eigenvalue weighted by Gasteiger charge is -2.11. The van der Waals surface area contributed by atoms with Gasteiger partial charge in [-0.3, -0.25) is 9.69 Å². The van der Waals surface area contributed by atoms with Gasteiger partial charge in [-0.15, -0.1) is 0 Å². The number of urea groups is 1. The average molecular weight is 481 g/mol. The quantitative estimate of drug-likeness (QED) is 0.327. The highest BCUT2D eigenvalue weighted by Gasteiger charge is 2.33. The number of benzene rings is 2. The molecule has 0 unspecified atom stereocenters. The van der Waals surface area contributed by atoms with Crippen molar-refractivity contribution in [1.82, 2.24) is 10.2 Å². The first-order chi connectivity index (χ1) is 14.9. The van der Waals surface area contributed by atoms with Gasteiger partial charge in [-0.2, -0.15) is 0 Å². The zero-order valence-electron chi connectivity index (χ0n) is 16.4. The molecule has 1 fully saturated rings. The summed E-state index contributed by atoms with van der Waals surface area (Å²) in [6.45, 7) is 0.172. The molecule has 7 nitrogen and oxygen atoms in total. The van der Waals surface area contributed by atoms with Gasteiger partial charge in [0.2, 0.25) is 0 Å². The Morgan fingerprint density at radius 1 is 1.06 bits per heavy atom. The molecule has 0 aliphatic carbocycles. The van der Waals surface area contributed by atoms with E-state index in [0.717, 1.165) is 20.5 Å². The highest BCUT2D eigenvalue weighted by atomic mass is 79.9. The van der Waals surface area contributed by atoms with Crippen LogP contribution in [-0.4, -0.2) is 29.9 Å². The van der Waals surface area contributed by atoms with E-state index in [-0.39, 0.29) is 12.2 Å². The lowest BCUT2D eigenvalue weighted by atomic mass is 10.1. The number of ether oxygens (including phenoxy) is 1. The van der Waals surface area contributed by atoms with Crippen LogP contribution < -0.4 is 5.32 Å². The molecule has 8 heteroatoms. The van der Waals surface area contributed by atoms with E-state index >= 15 is 0 Å². The Morgan fingerprint density at radius 2 is 1.77 bits per heavy atom. The third kappa shape index (κ3) is 4.44. The number of nitrogens with zero attached hydrogens (tertiary/aromatic N) is 1. The molecule has 1 aliphatic rings. The summed E-state index contributed by atoms with van der Waals surface area (Å²) >= 11 is 3.36. The summed E-state index contributed by atoms with van der Waals surface area (Å²) in [6, 6.07) is 17.1. The molecule has 156 valence electrons. The van der Waals surface area contributed by atoms with E-state index in [1.807, 2.05) is 24.3 Å². The fraction of sp³-hybridized carbons (Fsp3) is 0.0870. The van der Waals surface area contributed by atoms with Crippen LogP contribution in [0.15, 0.2) is 75.3 Å². The van der Waals surface area contributed by atoms with Crippen molar-refractivity contribution in [3.05, 3.63) is 87.7 Å². The van der Waals surface area contributed by atoms with Crippen molar-refractivity contribution >= 4 is 39.9 Å². The number of imide groups is 1. The van der Waals surface area contributed by atoms with Gasteiger partial charge >= 0.3 is 12.0 Å². The first kappa shape index (κ1) is 20.6. The molecule has 0 spiro atoms. The van der Waals surface area contributed by atoms with E-state index in [2.05, 4.69) is 26.0 Å². The van der Waals surface area contributed by atoms with Gasteiger partial charge in [0, 0.05) is 16.1 Å². The van der Waals surface area contributed by atoms with Crippen LogP contribution in [0.2, 0.25) is 0 Å². The fourth-order valence-corrected chi connectivity index (χ4v) is 3.37. The molecule has 0 radical (unpaired) electrons. The van der Waals surface area contributed by atoms with Gasteiger partial charge in [0.25, 0.3) is 5.91 Å². The van der Waals surface area contributed by atoms with Crippen molar-refractivity contribution < 1.29 is 23.5 Å². The molecular weight excluding hydrogens is 464 g/mol. The Bertz CT molecular complexity index is 1180. The minimum absolute atomic E-state index is 0.143. The van der Waals surface area contributed by atoms with E-state index in [1.54, 1.807) is 36.4 Å². The Labute approximate surface area is 186 Å². The number of nitrogens with one attached hydrogen (secondary N) is 1. The zero-order valence-corrected chi connectivity index (χ0v) is 18.0. The maximum atomic E-state index is 12.7.